The number of hydrogen-bond donors (Lipinski definition) is 2. The smallest absolute Gasteiger partial charge is 0.260 e. The number of amides is 2. The standard InChI is InChI=1S/C19H21ClN2O4/c1-12(26-17-8-5-14(20)11-16(17)18(21)23)19(24)22-10-9-13-3-6-15(25-2)7-4-13/h3-8,11-12H,9-10H2,1-2H3,(H2,21,23)(H,22,24). The average Bonchev–Trinajstić information content (AvgIpc) is 2.63. The molecule has 0 spiro atoms. The molecule has 0 aliphatic heterocycles. The third kappa shape index (κ3) is 5.39. The summed E-state index contributed by atoms with van der Waals surface area (Å²) >= 11 is 5.86. The van der Waals surface area contributed by atoms with Gasteiger partial charge in [-0.25, -0.2) is 0 Å². The Labute approximate surface area is 157 Å². The molecular formula is C19H21ClN2O4. The molecule has 0 aromatic heterocycles. The summed E-state index contributed by atoms with van der Waals surface area (Å²) in [6.45, 7) is 2.06. The maximum atomic E-state index is 12.2. The van der Waals surface area contributed by atoms with Gasteiger partial charge < -0.3 is 20.5 Å². The van der Waals surface area contributed by atoms with Crippen molar-refractivity contribution in [2.75, 3.05) is 13.7 Å². The quantitative estimate of drug-likeness (QED) is 0.740. The molecule has 0 aliphatic carbocycles. The molecule has 3 N–H and O–H groups in total. The first-order valence-electron chi connectivity index (χ1n) is 8.07. The Morgan fingerprint density at radius 2 is 1.88 bits per heavy atom. The molecule has 138 valence electrons. The molecule has 2 amide bonds. The Kier molecular flexibility index (Phi) is 6.86. The molecule has 2 rings (SSSR count). The van der Waals surface area contributed by atoms with Crippen LogP contribution in [-0.2, 0) is 11.2 Å². The maximum absolute atomic E-state index is 12.2. The maximum Gasteiger partial charge on any atom is 0.260 e. The zero-order chi connectivity index (χ0) is 19.1. The van der Waals surface area contributed by atoms with Crippen molar-refractivity contribution in [2.24, 2.45) is 5.73 Å². The lowest BCUT2D eigenvalue weighted by Crippen LogP contribution is -2.37. The average molecular weight is 377 g/mol. The van der Waals surface area contributed by atoms with E-state index in [-0.39, 0.29) is 17.2 Å². The predicted molar refractivity (Wildman–Crippen MR) is 99.8 cm³/mol. The summed E-state index contributed by atoms with van der Waals surface area (Å²) in [7, 11) is 1.61. The van der Waals surface area contributed by atoms with Crippen molar-refractivity contribution in [3.05, 3.63) is 58.6 Å². The van der Waals surface area contributed by atoms with E-state index in [0.29, 0.717) is 18.0 Å². The molecule has 0 radical (unpaired) electrons. The zero-order valence-electron chi connectivity index (χ0n) is 14.6. The molecule has 6 nitrogen and oxygen atoms in total. The second kappa shape index (κ2) is 9.10. The van der Waals surface area contributed by atoms with E-state index >= 15 is 0 Å². The lowest BCUT2D eigenvalue weighted by atomic mass is 10.1. The van der Waals surface area contributed by atoms with Gasteiger partial charge in [0, 0.05) is 11.6 Å². The number of halogens is 1. The van der Waals surface area contributed by atoms with Crippen LogP contribution in [0.15, 0.2) is 42.5 Å². The summed E-state index contributed by atoms with van der Waals surface area (Å²) in [5.74, 6) is 0.0474. The van der Waals surface area contributed by atoms with Crippen LogP contribution in [0.4, 0.5) is 0 Å². The first-order chi connectivity index (χ1) is 12.4. The van der Waals surface area contributed by atoms with Crippen LogP contribution in [0.25, 0.3) is 0 Å². The molecule has 7 heteroatoms. The lowest BCUT2D eigenvalue weighted by Gasteiger charge is -2.16. The Balaban J connectivity index is 1.88. The lowest BCUT2D eigenvalue weighted by molar-refractivity contribution is -0.127. The van der Waals surface area contributed by atoms with Crippen LogP contribution in [0.2, 0.25) is 5.02 Å². The summed E-state index contributed by atoms with van der Waals surface area (Å²) in [6.07, 6.45) is -0.110. The van der Waals surface area contributed by atoms with E-state index < -0.39 is 12.0 Å². The number of ether oxygens (including phenoxy) is 2. The van der Waals surface area contributed by atoms with Crippen molar-refractivity contribution in [3.8, 4) is 11.5 Å². The van der Waals surface area contributed by atoms with E-state index in [1.807, 2.05) is 24.3 Å². The van der Waals surface area contributed by atoms with Gasteiger partial charge in [0.2, 0.25) is 0 Å². The Hall–Kier alpha value is -2.73. The van der Waals surface area contributed by atoms with Gasteiger partial charge >= 0.3 is 0 Å². The minimum atomic E-state index is -0.787. The van der Waals surface area contributed by atoms with E-state index in [9.17, 15) is 9.59 Å². The van der Waals surface area contributed by atoms with E-state index in [0.717, 1.165) is 11.3 Å². The second-order valence-electron chi connectivity index (χ2n) is 5.65. The third-order valence-electron chi connectivity index (χ3n) is 3.75. The fourth-order valence-electron chi connectivity index (χ4n) is 2.31. The molecule has 0 fully saturated rings. The highest BCUT2D eigenvalue weighted by molar-refractivity contribution is 6.31. The summed E-state index contributed by atoms with van der Waals surface area (Å²) in [6, 6.07) is 12.1. The minimum Gasteiger partial charge on any atom is -0.497 e. The van der Waals surface area contributed by atoms with Crippen LogP contribution in [0.5, 0.6) is 11.5 Å². The van der Waals surface area contributed by atoms with E-state index in [1.165, 1.54) is 12.1 Å². The molecule has 1 atom stereocenters. The van der Waals surface area contributed by atoms with Crippen LogP contribution in [-0.4, -0.2) is 31.6 Å². The van der Waals surface area contributed by atoms with Crippen LogP contribution < -0.4 is 20.5 Å². The van der Waals surface area contributed by atoms with Gasteiger partial charge in [-0.2, -0.15) is 0 Å². The Morgan fingerprint density at radius 3 is 2.50 bits per heavy atom. The van der Waals surface area contributed by atoms with Crippen LogP contribution in [0.1, 0.15) is 22.8 Å². The molecule has 0 saturated carbocycles. The monoisotopic (exact) mass is 376 g/mol. The van der Waals surface area contributed by atoms with Gasteiger partial charge in [-0.1, -0.05) is 23.7 Å². The van der Waals surface area contributed by atoms with Crippen molar-refractivity contribution < 1.29 is 19.1 Å². The van der Waals surface area contributed by atoms with E-state index in [2.05, 4.69) is 5.32 Å². The summed E-state index contributed by atoms with van der Waals surface area (Å²) in [5.41, 5.74) is 6.53. The second-order valence-corrected chi connectivity index (χ2v) is 6.09. The number of primary amides is 1. The van der Waals surface area contributed by atoms with E-state index in [4.69, 9.17) is 26.8 Å². The number of carbonyl (C=O) groups is 2. The number of carbonyl (C=O) groups excluding carboxylic acids is 2. The largest absolute Gasteiger partial charge is 0.497 e. The molecule has 2 aromatic carbocycles. The summed E-state index contributed by atoms with van der Waals surface area (Å²) in [4.78, 5) is 23.7. The van der Waals surface area contributed by atoms with Crippen molar-refractivity contribution in [3.63, 3.8) is 0 Å². The molecule has 1 unspecified atom stereocenters. The molecule has 26 heavy (non-hydrogen) atoms. The number of rotatable bonds is 8. The van der Waals surface area contributed by atoms with Gasteiger partial charge in [-0.05, 0) is 49.2 Å². The van der Waals surface area contributed by atoms with Crippen LogP contribution in [0, 0.1) is 0 Å². The topological polar surface area (TPSA) is 90.7 Å². The zero-order valence-corrected chi connectivity index (χ0v) is 15.4. The predicted octanol–water partition coefficient (Wildman–Crippen LogP) is 2.57. The minimum absolute atomic E-state index is 0.135. The highest BCUT2D eigenvalue weighted by atomic mass is 35.5. The highest BCUT2D eigenvalue weighted by Gasteiger charge is 2.18. The van der Waals surface area contributed by atoms with Gasteiger partial charge in [0.05, 0.1) is 12.7 Å². The van der Waals surface area contributed by atoms with Crippen LogP contribution >= 0.6 is 11.6 Å². The Morgan fingerprint density at radius 1 is 1.19 bits per heavy atom. The van der Waals surface area contributed by atoms with Gasteiger partial charge in [-0.3, -0.25) is 9.59 Å². The molecule has 0 heterocycles. The summed E-state index contributed by atoms with van der Waals surface area (Å²) < 4.78 is 10.7. The van der Waals surface area contributed by atoms with Gasteiger partial charge in [0.25, 0.3) is 11.8 Å². The normalized spacial score (nSPS) is 11.5. The van der Waals surface area contributed by atoms with Crippen molar-refractivity contribution >= 4 is 23.4 Å². The van der Waals surface area contributed by atoms with Gasteiger partial charge in [0.1, 0.15) is 11.5 Å². The van der Waals surface area contributed by atoms with E-state index in [1.54, 1.807) is 20.1 Å². The molecule has 0 bridgehead atoms. The molecule has 2 aromatic rings. The highest BCUT2D eigenvalue weighted by Crippen LogP contribution is 2.23. The molecule has 0 aliphatic rings. The first kappa shape index (κ1) is 19.6. The number of benzene rings is 2. The van der Waals surface area contributed by atoms with Crippen molar-refractivity contribution in [2.45, 2.75) is 19.4 Å². The fourth-order valence-corrected chi connectivity index (χ4v) is 2.48. The van der Waals surface area contributed by atoms with Gasteiger partial charge in [-0.15, -0.1) is 0 Å². The number of nitrogens with one attached hydrogen (secondary N) is 1. The fraction of sp³-hybridized carbons (Fsp3) is 0.263. The Bertz CT molecular complexity index is 778. The SMILES string of the molecule is COc1ccc(CCNC(=O)C(C)Oc2ccc(Cl)cc2C(N)=O)cc1. The third-order valence-corrected chi connectivity index (χ3v) is 3.99. The number of nitrogens with two attached hydrogens (primary N) is 1. The van der Waals surface area contributed by atoms with Crippen LogP contribution in [0.3, 0.4) is 0 Å². The number of methoxy groups -OCH3 is 1. The first-order valence-corrected chi connectivity index (χ1v) is 8.45. The molecule has 0 saturated heterocycles. The molecular weight excluding hydrogens is 356 g/mol. The van der Waals surface area contributed by atoms with Crippen molar-refractivity contribution in [1.29, 1.82) is 0 Å². The summed E-state index contributed by atoms with van der Waals surface area (Å²) in [5, 5.41) is 3.17. The van der Waals surface area contributed by atoms with Crippen molar-refractivity contribution in [1.82, 2.24) is 5.32 Å². The number of hydrogen-bond acceptors (Lipinski definition) is 4. The van der Waals surface area contributed by atoms with Gasteiger partial charge in [0.15, 0.2) is 6.10 Å².